The first-order chi connectivity index (χ1) is 9.10. The maximum absolute atomic E-state index is 12.2. The standard InChI is InChI=1S/C12H11N3O3S/c1-7-3-8-10(19-7)4-9-12(17)15(5-11(16)18-2)13-6-14(8)9/h3-4,6H,5H2,1-2H3. The van der Waals surface area contributed by atoms with Crippen LogP contribution in [-0.2, 0) is 16.1 Å². The molecule has 0 unspecified atom stereocenters. The molecule has 0 aliphatic heterocycles. The van der Waals surface area contributed by atoms with Gasteiger partial charge in [0.15, 0.2) is 0 Å². The zero-order chi connectivity index (χ0) is 13.6. The second-order valence-corrected chi connectivity index (χ2v) is 5.46. The van der Waals surface area contributed by atoms with Crippen LogP contribution in [0.1, 0.15) is 4.88 Å². The van der Waals surface area contributed by atoms with E-state index >= 15 is 0 Å². The zero-order valence-corrected chi connectivity index (χ0v) is 11.2. The summed E-state index contributed by atoms with van der Waals surface area (Å²) >= 11 is 1.62. The van der Waals surface area contributed by atoms with E-state index in [4.69, 9.17) is 0 Å². The summed E-state index contributed by atoms with van der Waals surface area (Å²) in [7, 11) is 1.28. The normalized spacial score (nSPS) is 11.3. The van der Waals surface area contributed by atoms with E-state index in [0.29, 0.717) is 5.52 Å². The number of ether oxygens (including phenoxy) is 1. The van der Waals surface area contributed by atoms with Crippen LogP contribution in [0.5, 0.6) is 0 Å². The monoisotopic (exact) mass is 277 g/mol. The summed E-state index contributed by atoms with van der Waals surface area (Å²) in [6, 6.07) is 3.84. The van der Waals surface area contributed by atoms with Gasteiger partial charge >= 0.3 is 5.97 Å². The van der Waals surface area contributed by atoms with Gasteiger partial charge in [0.05, 0.1) is 17.3 Å². The number of fused-ring (bicyclic) bond motifs is 3. The molecule has 98 valence electrons. The summed E-state index contributed by atoms with van der Waals surface area (Å²) in [5.41, 5.74) is 1.18. The van der Waals surface area contributed by atoms with E-state index in [-0.39, 0.29) is 12.1 Å². The minimum Gasteiger partial charge on any atom is -0.468 e. The molecule has 3 heterocycles. The van der Waals surface area contributed by atoms with Crippen molar-refractivity contribution >= 4 is 33.0 Å². The smallest absolute Gasteiger partial charge is 0.327 e. The van der Waals surface area contributed by atoms with Crippen LogP contribution in [0.25, 0.3) is 15.7 Å². The molecule has 3 aromatic rings. The van der Waals surface area contributed by atoms with Gasteiger partial charge in [-0.3, -0.25) is 14.0 Å². The van der Waals surface area contributed by atoms with Gasteiger partial charge in [0.1, 0.15) is 18.4 Å². The highest BCUT2D eigenvalue weighted by Crippen LogP contribution is 2.26. The Labute approximate surface area is 111 Å². The largest absolute Gasteiger partial charge is 0.468 e. The molecule has 0 bridgehead atoms. The van der Waals surface area contributed by atoms with E-state index < -0.39 is 5.97 Å². The Balaban J connectivity index is 2.22. The van der Waals surface area contributed by atoms with Gasteiger partial charge in [-0.05, 0) is 19.1 Å². The highest BCUT2D eigenvalue weighted by atomic mass is 32.1. The summed E-state index contributed by atoms with van der Waals surface area (Å²) in [4.78, 5) is 24.6. The van der Waals surface area contributed by atoms with Crippen molar-refractivity contribution in [2.75, 3.05) is 7.11 Å². The van der Waals surface area contributed by atoms with E-state index in [1.807, 2.05) is 19.1 Å². The highest BCUT2D eigenvalue weighted by Gasteiger charge is 2.12. The molecular formula is C12H11N3O3S. The van der Waals surface area contributed by atoms with Crippen molar-refractivity contribution in [3.05, 3.63) is 33.7 Å². The Bertz CT molecular complexity index is 843. The van der Waals surface area contributed by atoms with E-state index in [1.165, 1.54) is 12.0 Å². The minimum absolute atomic E-state index is 0.177. The van der Waals surface area contributed by atoms with Crippen molar-refractivity contribution in [3.63, 3.8) is 0 Å². The first kappa shape index (κ1) is 11.9. The minimum atomic E-state index is -0.497. The average Bonchev–Trinajstić information content (AvgIpc) is 2.89. The number of thiophene rings is 1. The van der Waals surface area contributed by atoms with Gasteiger partial charge in [-0.25, -0.2) is 4.68 Å². The maximum atomic E-state index is 12.2. The van der Waals surface area contributed by atoms with Crippen LogP contribution in [0.15, 0.2) is 23.3 Å². The molecule has 0 atom stereocenters. The fourth-order valence-electron chi connectivity index (χ4n) is 2.02. The summed E-state index contributed by atoms with van der Waals surface area (Å²) in [5, 5.41) is 4.00. The molecule has 0 aliphatic carbocycles. The molecule has 19 heavy (non-hydrogen) atoms. The molecule has 0 saturated heterocycles. The summed E-state index contributed by atoms with van der Waals surface area (Å²) in [6.07, 6.45) is 1.55. The Kier molecular flexibility index (Phi) is 2.63. The van der Waals surface area contributed by atoms with Crippen molar-refractivity contribution in [1.82, 2.24) is 14.2 Å². The highest BCUT2D eigenvalue weighted by molar-refractivity contribution is 7.19. The number of carbonyl (C=O) groups is 1. The Morgan fingerprint density at radius 3 is 2.95 bits per heavy atom. The summed E-state index contributed by atoms with van der Waals surface area (Å²) in [5.74, 6) is -0.497. The number of rotatable bonds is 2. The molecule has 0 N–H and O–H groups in total. The van der Waals surface area contributed by atoms with E-state index in [0.717, 1.165) is 14.9 Å². The predicted molar refractivity (Wildman–Crippen MR) is 71.6 cm³/mol. The number of aromatic nitrogens is 3. The fourth-order valence-corrected chi connectivity index (χ4v) is 2.97. The van der Waals surface area contributed by atoms with Crippen LogP contribution in [0.4, 0.5) is 0 Å². The fraction of sp³-hybridized carbons (Fsp3) is 0.250. The molecule has 0 radical (unpaired) electrons. The molecule has 0 saturated carbocycles. The third-order valence-corrected chi connectivity index (χ3v) is 3.90. The molecule has 0 spiro atoms. The lowest BCUT2D eigenvalue weighted by Crippen LogP contribution is -2.28. The molecule has 3 rings (SSSR count). The number of methoxy groups -OCH3 is 1. The maximum Gasteiger partial charge on any atom is 0.327 e. The molecule has 7 heteroatoms. The molecule has 3 aromatic heterocycles. The van der Waals surface area contributed by atoms with Crippen molar-refractivity contribution in [3.8, 4) is 0 Å². The Morgan fingerprint density at radius 2 is 2.21 bits per heavy atom. The molecule has 0 amide bonds. The van der Waals surface area contributed by atoms with E-state index in [2.05, 4.69) is 9.84 Å². The summed E-state index contributed by atoms with van der Waals surface area (Å²) < 4.78 is 8.43. The Morgan fingerprint density at radius 1 is 1.42 bits per heavy atom. The summed E-state index contributed by atoms with van der Waals surface area (Å²) in [6.45, 7) is 1.84. The number of hydrogen-bond acceptors (Lipinski definition) is 5. The van der Waals surface area contributed by atoms with Crippen LogP contribution in [0, 0.1) is 6.92 Å². The topological polar surface area (TPSA) is 65.6 Å². The number of aryl methyl sites for hydroxylation is 1. The lowest BCUT2D eigenvalue weighted by atomic mass is 10.4. The molecule has 0 fully saturated rings. The second kappa shape index (κ2) is 4.20. The first-order valence-electron chi connectivity index (χ1n) is 5.64. The number of esters is 1. The van der Waals surface area contributed by atoms with E-state index in [1.54, 1.807) is 22.1 Å². The average molecular weight is 277 g/mol. The zero-order valence-electron chi connectivity index (χ0n) is 10.4. The third-order valence-electron chi connectivity index (χ3n) is 2.92. The lowest BCUT2D eigenvalue weighted by Gasteiger charge is -2.03. The van der Waals surface area contributed by atoms with Crippen molar-refractivity contribution in [2.45, 2.75) is 13.5 Å². The van der Waals surface area contributed by atoms with Crippen molar-refractivity contribution < 1.29 is 9.53 Å². The van der Waals surface area contributed by atoms with Gasteiger partial charge in [-0.15, -0.1) is 11.3 Å². The third kappa shape index (κ3) is 1.82. The Hall–Kier alpha value is -2.15. The lowest BCUT2D eigenvalue weighted by molar-refractivity contribution is -0.141. The van der Waals surface area contributed by atoms with Crippen LogP contribution >= 0.6 is 11.3 Å². The molecular weight excluding hydrogens is 266 g/mol. The van der Waals surface area contributed by atoms with Gasteiger partial charge in [-0.1, -0.05) is 0 Å². The van der Waals surface area contributed by atoms with Gasteiger partial charge in [0.25, 0.3) is 5.56 Å². The van der Waals surface area contributed by atoms with Crippen LogP contribution in [0.3, 0.4) is 0 Å². The van der Waals surface area contributed by atoms with Crippen LogP contribution < -0.4 is 5.56 Å². The van der Waals surface area contributed by atoms with Crippen molar-refractivity contribution in [1.29, 1.82) is 0 Å². The molecule has 0 aliphatic rings. The van der Waals surface area contributed by atoms with Gasteiger partial charge in [-0.2, -0.15) is 5.10 Å². The first-order valence-corrected chi connectivity index (χ1v) is 6.46. The van der Waals surface area contributed by atoms with Gasteiger partial charge in [0, 0.05) is 4.88 Å². The van der Waals surface area contributed by atoms with Crippen molar-refractivity contribution in [2.24, 2.45) is 0 Å². The number of hydrogen-bond donors (Lipinski definition) is 0. The van der Waals surface area contributed by atoms with Crippen LogP contribution in [-0.4, -0.2) is 27.3 Å². The second-order valence-electron chi connectivity index (χ2n) is 4.18. The molecule has 6 nitrogen and oxygen atoms in total. The SMILES string of the molecule is COC(=O)Cn1ncn2c(cc3sc(C)cc32)c1=O. The molecule has 0 aromatic carbocycles. The van der Waals surface area contributed by atoms with Gasteiger partial charge < -0.3 is 4.74 Å². The quantitative estimate of drug-likeness (QED) is 0.660. The van der Waals surface area contributed by atoms with Gasteiger partial charge in [0.2, 0.25) is 0 Å². The van der Waals surface area contributed by atoms with Crippen LogP contribution in [0.2, 0.25) is 0 Å². The number of carbonyl (C=O) groups excluding carboxylic acids is 1. The van der Waals surface area contributed by atoms with E-state index in [9.17, 15) is 9.59 Å². The number of nitrogens with zero attached hydrogens (tertiary/aromatic N) is 3. The predicted octanol–water partition coefficient (Wildman–Crippen LogP) is 1.19.